The molecule has 2 unspecified atom stereocenters. The molecular weight excluding hydrogens is 210 g/mol. The molecule has 17 heavy (non-hydrogen) atoms. The SMILES string of the molecule is CC(c1ccccn1)C(O)CC1CCCCC1. The van der Waals surface area contributed by atoms with E-state index in [9.17, 15) is 5.11 Å². The van der Waals surface area contributed by atoms with Crippen molar-refractivity contribution < 1.29 is 5.11 Å². The smallest absolute Gasteiger partial charge is 0.0623 e. The Labute approximate surface area is 104 Å². The Morgan fingerprint density at radius 1 is 1.29 bits per heavy atom. The topological polar surface area (TPSA) is 33.1 Å². The highest BCUT2D eigenvalue weighted by molar-refractivity contribution is 5.10. The number of aliphatic hydroxyl groups is 1. The van der Waals surface area contributed by atoms with Crippen molar-refractivity contribution in [3.8, 4) is 0 Å². The number of nitrogens with zero attached hydrogens (tertiary/aromatic N) is 1. The van der Waals surface area contributed by atoms with Crippen molar-refractivity contribution in [3.63, 3.8) is 0 Å². The van der Waals surface area contributed by atoms with Crippen LogP contribution in [0.1, 0.15) is 57.1 Å². The van der Waals surface area contributed by atoms with Gasteiger partial charge in [0, 0.05) is 17.8 Å². The number of hydrogen-bond acceptors (Lipinski definition) is 2. The molecule has 1 aliphatic carbocycles. The van der Waals surface area contributed by atoms with Crippen LogP contribution in [0.5, 0.6) is 0 Å². The first-order valence-corrected chi connectivity index (χ1v) is 6.86. The van der Waals surface area contributed by atoms with Crippen LogP contribution in [0.25, 0.3) is 0 Å². The van der Waals surface area contributed by atoms with Crippen LogP contribution in [0.15, 0.2) is 24.4 Å². The fourth-order valence-electron chi connectivity index (χ4n) is 2.81. The van der Waals surface area contributed by atoms with Gasteiger partial charge in [0.15, 0.2) is 0 Å². The normalized spacial score (nSPS) is 21.1. The summed E-state index contributed by atoms with van der Waals surface area (Å²) in [6.45, 7) is 2.08. The first-order valence-electron chi connectivity index (χ1n) is 6.86. The molecule has 2 heteroatoms. The van der Waals surface area contributed by atoms with Crippen LogP contribution >= 0.6 is 0 Å². The molecular formula is C15H23NO. The maximum Gasteiger partial charge on any atom is 0.0623 e. The summed E-state index contributed by atoms with van der Waals surface area (Å²) < 4.78 is 0. The van der Waals surface area contributed by atoms with Crippen molar-refractivity contribution in [1.29, 1.82) is 0 Å². The zero-order valence-electron chi connectivity index (χ0n) is 10.7. The van der Waals surface area contributed by atoms with Gasteiger partial charge in [-0.1, -0.05) is 45.1 Å². The quantitative estimate of drug-likeness (QED) is 0.863. The molecule has 0 bridgehead atoms. The van der Waals surface area contributed by atoms with Gasteiger partial charge >= 0.3 is 0 Å². The van der Waals surface area contributed by atoms with Crippen LogP contribution in [0.2, 0.25) is 0 Å². The number of aliphatic hydroxyl groups excluding tert-OH is 1. The molecule has 94 valence electrons. The average Bonchev–Trinajstić information content (AvgIpc) is 2.40. The Bertz CT molecular complexity index is 319. The fraction of sp³-hybridized carbons (Fsp3) is 0.667. The molecule has 0 aliphatic heterocycles. The van der Waals surface area contributed by atoms with Gasteiger partial charge in [-0.15, -0.1) is 0 Å². The minimum Gasteiger partial charge on any atom is -0.392 e. The van der Waals surface area contributed by atoms with E-state index < -0.39 is 0 Å². The molecule has 0 amide bonds. The Hall–Kier alpha value is -0.890. The molecule has 2 nitrogen and oxygen atoms in total. The molecule has 1 heterocycles. The molecule has 1 aromatic heterocycles. The lowest BCUT2D eigenvalue weighted by atomic mass is 9.82. The van der Waals surface area contributed by atoms with Crippen molar-refractivity contribution in [2.45, 2.75) is 57.5 Å². The standard InChI is InChI=1S/C15H23NO/c1-12(14-9-5-6-10-16-14)15(17)11-13-7-3-2-4-8-13/h5-6,9-10,12-13,15,17H,2-4,7-8,11H2,1H3. The van der Waals surface area contributed by atoms with E-state index in [1.54, 1.807) is 6.20 Å². The Balaban J connectivity index is 1.88. The number of rotatable bonds is 4. The third-order valence-corrected chi connectivity index (χ3v) is 4.03. The van der Waals surface area contributed by atoms with Gasteiger partial charge in [-0.25, -0.2) is 0 Å². The zero-order valence-corrected chi connectivity index (χ0v) is 10.7. The number of pyridine rings is 1. The van der Waals surface area contributed by atoms with Gasteiger partial charge in [0.2, 0.25) is 0 Å². The highest BCUT2D eigenvalue weighted by Gasteiger charge is 2.22. The highest BCUT2D eigenvalue weighted by atomic mass is 16.3. The molecule has 0 spiro atoms. The summed E-state index contributed by atoms with van der Waals surface area (Å²) in [6.07, 6.45) is 9.16. The maximum atomic E-state index is 10.3. The van der Waals surface area contributed by atoms with Crippen molar-refractivity contribution in [2.24, 2.45) is 5.92 Å². The predicted molar refractivity (Wildman–Crippen MR) is 69.9 cm³/mol. The van der Waals surface area contributed by atoms with Gasteiger partial charge in [-0.2, -0.15) is 0 Å². The lowest BCUT2D eigenvalue weighted by Gasteiger charge is -2.26. The average molecular weight is 233 g/mol. The van der Waals surface area contributed by atoms with Crippen molar-refractivity contribution in [3.05, 3.63) is 30.1 Å². The van der Waals surface area contributed by atoms with Gasteiger partial charge < -0.3 is 5.11 Å². The number of hydrogen-bond donors (Lipinski definition) is 1. The van der Waals surface area contributed by atoms with E-state index in [0.717, 1.165) is 18.0 Å². The maximum absolute atomic E-state index is 10.3. The minimum absolute atomic E-state index is 0.151. The molecule has 0 saturated heterocycles. The van der Waals surface area contributed by atoms with E-state index in [4.69, 9.17) is 0 Å². The largest absolute Gasteiger partial charge is 0.392 e. The summed E-state index contributed by atoms with van der Waals surface area (Å²) in [5.74, 6) is 0.878. The molecule has 1 fully saturated rings. The summed E-state index contributed by atoms with van der Waals surface area (Å²) in [4.78, 5) is 4.33. The summed E-state index contributed by atoms with van der Waals surface area (Å²) in [6, 6.07) is 5.92. The van der Waals surface area contributed by atoms with E-state index in [2.05, 4.69) is 11.9 Å². The monoisotopic (exact) mass is 233 g/mol. The van der Waals surface area contributed by atoms with E-state index >= 15 is 0 Å². The second-order valence-electron chi connectivity index (χ2n) is 5.35. The lowest BCUT2D eigenvalue weighted by molar-refractivity contribution is 0.108. The lowest BCUT2D eigenvalue weighted by Crippen LogP contribution is -2.22. The van der Waals surface area contributed by atoms with Gasteiger partial charge in [0.05, 0.1) is 6.10 Å². The zero-order chi connectivity index (χ0) is 12.1. The second kappa shape index (κ2) is 6.15. The van der Waals surface area contributed by atoms with Crippen LogP contribution in [0.4, 0.5) is 0 Å². The van der Waals surface area contributed by atoms with E-state index in [-0.39, 0.29) is 12.0 Å². The molecule has 1 aliphatic rings. The molecule has 1 N–H and O–H groups in total. The second-order valence-corrected chi connectivity index (χ2v) is 5.35. The predicted octanol–water partition coefficient (Wildman–Crippen LogP) is 3.52. The molecule has 1 saturated carbocycles. The van der Waals surface area contributed by atoms with E-state index in [1.807, 2.05) is 18.2 Å². The minimum atomic E-state index is -0.243. The van der Waals surface area contributed by atoms with Crippen molar-refractivity contribution in [1.82, 2.24) is 4.98 Å². The van der Waals surface area contributed by atoms with Crippen molar-refractivity contribution in [2.75, 3.05) is 0 Å². The number of aromatic nitrogens is 1. The van der Waals surface area contributed by atoms with Gasteiger partial charge in [-0.05, 0) is 24.5 Å². The molecule has 2 atom stereocenters. The van der Waals surface area contributed by atoms with Crippen LogP contribution in [0, 0.1) is 5.92 Å². The highest BCUT2D eigenvalue weighted by Crippen LogP contribution is 2.30. The van der Waals surface area contributed by atoms with Gasteiger partial charge in [0.25, 0.3) is 0 Å². The van der Waals surface area contributed by atoms with Crippen LogP contribution in [0.3, 0.4) is 0 Å². The van der Waals surface area contributed by atoms with Crippen LogP contribution in [-0.4, -0.2) is 16.2 Å². The van der Waals surface area contributed by atoms with E-state index in [0.29, 0.717) is 0 Å². The van der Waals surface area contributed by atoms with E-state index in [1.165, 1.54) is 32.1 Å². The first-order chi connectivity index (χ1) is 8.27. The van der Waals surface area contributed by atoms with Crippen LogP contribution in [-0.2, 0) is 0 Å². The molecule has 1 aromatic rings. The summed E-state index contributed by atoms with van der Waals surface area (Å²) >= 11 is 0. The summed E-state index contributed by atoms with van der Waals surface area (Å²) in [5.41, 5.74) is 1.01. The Morgan fingerprint density at radius 3 is 2.71 bits per heavy atom. The molecule has 2 rings (SSSR count). The molecule has 0 radical (unpaired) electrons. The molecule has 0 aromatic carbocycles. The Morgan fingerprint density at radius 2 is 2.06 bits per heavy atom. The van der Waals surface area contributed by atoms with Crippen LogP contribution < -0.4 is 0 Å². The third-order valence-electron chi connectivity index (χ3n) is 4.03. The van der Waals surface area contributed by atoms with Crippen molar-refractivity contribution >= 4 is 0 Å². The van der Waals surface area contributed by atoms with Gasteiger partial charge in [-0.3, -0.25) is 4.98 Å². The summed E-state index contributed by atoms with van der Waals surface area (Å²) in [7, 11) is 0. The Kier molecular flexibility index (Phi) is 4.55. The summed E-state index contributed by atoms with van der Waals surface area (Å²) in [5, 5.41) is 10.3. The first kappa shape index (κ1) is 12.6. The fourth-order valence-corrected chi connectivity index (χ4v) is 2.81. The third kappa shape index (κ3) is 3.53. The van der Waals surface area contributed by atoms with Gasteiger partial charge in [0.1, 0.15) is 0 Å².